The molecule has 0 aromatic carbocycles. The lowest BCUT2D eigenvalue weighted by molar-refractivity contribution is 0.216. The minimum Gasteiger partial charge on any atom is -0.384 e. The molecule has 0 saturated heterocycles. The number of halogens is 1. The topological polar surface area (TPSA) is 55.4 Å². The van der Waals surface area contributed by atoms with Crippen molar-refractivity contribution in [3.05, 3.63) is 0 Å². The first kappa shape index (κ1) is 14.3. The fraction of sp³-hybridized carbons (Fsp3) is 1.00. The summed E-state index contributed by atoms with van der Waals surface area (Å²) in [6, 6.07) is -0.0498. The van der Waals surface area contributed by atoms with Crippen LogP contribution in [0.5, 0.6) is 0 Å². The molecule has 0 spiro atoms. The first-order valence-electron chi connectivity index (χ1n) is 4.50. The molecule has 0 heterocycles. The first-order valence-corrected chi connectivity index (χ1v) is 7.07. The Balaban J connectivity index is 3.96. The predicted octanol–water partition coefficient (Wildman–Crippen LogP) is 1.11. The van der Waals surface area contributed by atoms with Crippen LogP contribution >= 0.6 is 15.9 Å². The van der Waals surface area contributed by atoms with E-state index in [1.165, 1.54) is 7.11 Å². The maximum atomic E-state index is 11.4. The third-order valence-electron chi connectivity index (χ3n) is 1.62. The monoisotopic (exact) mass is 287 g/mol. The van der Waals surface area contributed by atoms with Crippen molar-refractivity contribution in [2.45, 2.75) is 31.1 Å². The van der Waals surface area contributed by atoms with Gasteiger partial charge in [-0.1, -0.05) is 22.9 Å². The molecule has 4 nitrogen and oxygen atoms in total. The van der Waals surface area contributed by atoms with Gasteiger partial charge in [0.15, 0.2) is 0 Å². The molecule has 0 aromatic rings. The molecule has 14 heavy (non-hydrogen) atoms. The van der Waals surface area contributed by atoms with E-state index < -0.39 is 10.0 Å². The average molecular weight is 288 g/mol. The fourth-order valence-electron chi connectivity index (χ4n) is 1.09. The lowest BCUT2D eigenvalue weighted by Crippen LogP contribution is -2.36. The van der Waals surface area contributed by atoms with E-state index >= 15 is 0 Å². The third-order valence-corrected chi connectivity index (χ3v) is 3.45. The largest absolute Gasteiger partial charge is 0.384 e. The highest BCUT2D eigenvalue weighted by Gasteiger charge is 2.15. The summed E-state index contributed by atoms with van der Waals surface area (Å²) < 4.78 is 30.0. The molecule has 0 amide bonds. The van der Waals surface area contributed by atoms with Crippen LogP contribution in [-0.2, 0) is 14.8 Å². The normalized spacial score (nSPS) is 16.6. The van der Waals surface area contributed by atoms with Gasteiger partial charge in [0, 0.05) is 18.0 Å². The van der Waals surface area contributed by atoms with Gasteiger partial charge in [-0.05, 0) is 13.3 Å². The van der Waals surface area contributed by atoms with Gasteiger partial charge < -0.3 is 4.74 Å². The Hall–Kier alpha value is 0.350. The Kier molecular flexibility index (Phi) is 6.93. The summed E-state index contributed by atoms with van der Waals surface area (Å²) in [4.78, 5) is 0.308. The zero-order valence-electron chi connectivity index (χ0n) is 8.79. The summed E-state index contributed by atoms with van der Waals surface area (Å²) in [7, 11) is -1.70. The van der Waals surface area contributed by atoms with Crippen LogP contribution in [0.15, 0.2) is 0 Å². The number of methoxy groups -OCH3 is 1. The molecule has 0 bridgehead atoms. The number of alkyl halides is 1. The highest BCUT2D eigenvalue weighted by Crippen LogP contribution is 2.07. The zero-order chi connectivity index (χ0) is 11.2. The van der Waals surface area contributed by atoms with E-state index in [0.717, 1.165) is 6.42 Å². The fourth-order valence-corrected chi connectivity index (χ4v) is 2.87. The summed E-state index contributed by atoms with van der Waals surface area (Å²) >= 11 is 3.38. The number of sulfonamides is 1. The Bertz CT molecular complexity index is 241. The van der Waals surface area contributed by atoms with Crippen LogP contribution < -0.4 is 4.72 Å². The SMILES string of the molecule is COCCS(=O)(=O)NC(C)CC(C)Br. The summed E-state index contributed by atoms with van der Waals surface area (Å²) in [5, 5.41) is 0. The van der Waals surface area contributed by atoms with Crippen molar-refractivity contribution in [3.8, 4) is 0 Å². The summed E-state index contributed by atoms with van der Waals surface area (Å²) in [6.45, 7) is 4.06. The molecule has 2 atom stereocenters. The third kappa shape index (κ3) is 7.73. The Morgan fingerprint density at radius 1 is 1.43 bits per heavy atom. The van der Waals surface area contributed by atoms with Gasteiger partial charge in [-0.25, -0.2) is 13.1 Å². The molecule has 0 rings (SSSR count). The minimum atomic E-state index is -3.18. The van der Waals surface area contributed by atoms with E-state index in [4.69, 9.17) is 4.74 Å². The number of hydrogen-bond acceptors (Lipinski definition) is 3. The maximum absolute atomic E-state index is 11.4. The second kappa shape index (κ2) is 6.76. The molecule has 0 aliphatic heterocycles. The van der Waals surface area contributed by atoms with Crippen molar-refractivity contribution in [3.63, 3.8) is 0 Å². The van der Waals surface area contributed by atoms with Gasteiger partial charge >= 0.3 is 0 Å². The van der Waals surface area contributed by atoms with Crippen LogP contribution in [0.4, 0.5) is 0 Å². The van der Waals surface area contributed by atoms with Crippen molar-refractivity contribution in [2.24, 2.45) is 0 Å². The molecule has 6 heteroatoms. The number of rotatable bonds is 7. The van der Waals surface area contributed by atoms with Crippen molar-refractivity contribution >= 4 is 26.0 Å². The van der Waals surface area contributed by atoms with Gasteiger partial charge in [0.05, 0.1) is 12.4 Å². The van der Waals surface area contributed by atoms with Crippen molar-refractivity contribution < 1.29 is 13.2 Å². The van der Waals surface area contributed by atoms with Gasteiger partial charge in [0.2, 0.25) is 10.0 Å². The van der Waals surface area contributed by atoms with Gasteiger partial charge in [0.1, 0.15) is 0 Å². The summed E-state index contributed by atoms with van der Waals surface area (Å²) in [5.74, 6) is 0.0184. The van der Waals surface area contributed by atoms with Crippen LogP contribution in [0.3, 0.4) is 0 Å². The van der Waals surface area contributed by atoms with Crippen molar-refractivity contribution in [2.75, 3.05) is 19.5 Å². The van der Waals surface area contributed by atoms with Gasteiger partial charge in [-0.2, -0.15) is 0 Å². The van der Waals surface area contributed by atoms with Crippen LogP contribution in [0.1, 0.15) is 20.3 Å². The Labute approximate surface area is 94.6 Å². The lowest BCUT2D eigenvalue weighted by Gasteiger charge is -2.14. The smallest absolute Gasteiger partial charge is 0.214 e. The number of ether oxygens (including phenoxy) is 1. The quantitative estimate of drug-likeness (QED) is 0.714. The lowest BCUT2D eigenvalue weighted by atomic mass is 10.2. The molecule has 1 N–H and O–H groups in total. The van der Waals surface area contributed by atoms with E-state index in [1.54, 1.807) is 0 Å². The standard InChI is InChI=1S/C8H18BrNO3S/c1-7(9)6-8(2)10-14(11,12)5-4-13-3/h7-8,10H,4-6H2,1-3H3. The molecule has 0 radical (unpaired) electrons. The molecule has 0 aromatic heterocycles. The van der Waals surface area contributed by atoms with Crippen molar-refractivity contribution in [1.82, 2.24) is 4.72 Å². The van der Waals surface area contributed by atoms with Gasteiger partial charge in [0.25, 0.3) is 0 Å². The Morgan fingerprint density at radius 2 is 2.00 bits per heavy atom. The Morgan fingerprint density at radius 3 is 2.43 bits per heavy atom. The van der Waals surface area contributed by atoms with Crippen LogP contribution in [0.25, 0.3) is 0 Å². The molecule has 0 aliphatic carbocycles. The van der Waals surface area contributed by atoms with E-state index in [-0.39, 0.29) is 18.4 Å². The molecule has 0 saturated carbocycles. The maximum Gasteiger partial charge on any atom is 0.214 e. The second-order valence-corrected chi connectivity index (χ2v) is 6.78. The highest BCUT2D eigenvalue weighted by molar-refractivity contribution is 9.09. The van der Waals surface area contributed by atoms with Crippen molar-refractivity contribution in [1.29, 1.82) is 0 Å². The molecular formula is C8H18BrNO3S. The molecule has 86 valence electrons. The van der Waals surface area contributed by atoms with Crippen LogP contribution in [0, 0.1) is 0 Å². The predicted molar refractivity (Wildman–Crippen MR) is 61.3 cm³/mol. The van der Waals surface area contributed by atoms with Gasteiger partial charge in [-0.15, -0.1) is 0 Å². The van der Waals surface area contributed by atoms with Gasteiger partial charge in [-0.3, -0.25) is 0 Å². The molecule has 0 aliphatic rings. The van der Waals surface area contributed by atoms with Crippen LogP contribution in [0.2, 0.25) is 0 Å². The van der Waals surface area contributed by atoms with E-state index in [0.29, 0.717) is 4.83 Å². The summed E-state index contributed by atoms with van der Waals surface area (Å²) in [5.41, 5.74) is 0. The summed E-state index contributed by atoms with van der Waals surface area (Å²) in [6.07, 6.45) is 0.770. The van der Waals surface area contributed by atoms with Crippen LogP contribution in [-0.4, -0.2) is 38.8 Å². The van der Waals surface area contributed by atoms with E-state index in [9.17, 15) is 8.42 Å². The second-order valence-electron chi connectivity index (χ2n) is 3.35. The van der Waals surface area contributed by atoms with E-state index in [1.807, 2.05) is 13.8 Å². The molecule has 2 unspecified atom stereocenters. The molecule has 0 fully saturated rings. The van der Waals surface area contributed by atoms with E-state index in [2.05, 4.69) is 20.7 Å². The zero-order valence-corrected chi connectivity index (χ0v) is 11.2. The molecular weight excluding hydrogens is 270 g/mol. The number of hydrogen-bond donors (Lipinski definition) is 1. The minimum absolute atomic E-state index is 0.0184. The highest BCUT2D eigenvalue weighted by atomic mass is 79.9. The average Bonchev–Trinajstić information content (AvgIpc) is 1.98. The number of nitrogens with one attached hydrogen (secondary N) is 1. The first-order chi connectivity index (χ1) is 6.37.